The first kappa shape index (κ1) is 16.1. The molecule has 0 aliphatic heterocycles. The fourth-order valence-electron chi connectivity index (χ4n) is 1.45. The van der Waals surface area contributed by atoms with Gasteiger partial charge in [0.2, 0.25) is 0 Å². The highest BCUT2D eigenvalue weighted by Gasteiger charge is 2.67. The molecule has 2 atom stereocenters. The number of carboxylic acid groups (broad SMARTS) is 2. The van der Waals surface area contributed by atoms with Crippen molar-refractivity contribution in [3.05, 3.63) is 0 Å². The smallest absolute Gasteiger partial charge is 0.345 e. The second kappa shape index (κ2) is 4.38. The topological polar surface area (TPSA) is 135 Å². The molecule has 0 spiro atoms. The first-order valence-electron chi connectivity index (χ1n) is 4.53. The summed E-state index contributed by atoms with van der Waals surface area (Å²) in [5.41, 5.74) is -2.25. The molecule has 0 rings (SSSR count). The zero-order valence-electron chi connectivity index (χ0n) is 9.91. The van der Waals surface area contributed by atoms with Crippen LogP contribution in [0.15, 0.2) is 0 Å². The predicted molar refractivity (Wildman–Crippen MR) is 57.8 cm³/mol. The molecule has 8 nitrogen and oxygen atoms in total. The van der Waals surface area contributed by atoms with Gasteiger partial charge in [-0.25, -0.2) is 0 Å². The molecular weight excluding hydrogens is 253 g/mol. The molecule has 0 aliphatic carbocycles. The van der Waals surface area contributed by atoms with Gasteiger partial charge in [-0.1, -0.05) is 0 Å². The van der Waals surface area contributed by atoms with Crippen molar-refractivity contribution in [2.24, 2.45) is 0 Å². The Labute approximate surface area is 98.0 Å². The summed E-state index contributed by atoms with van der Waals surface area (Å²) in [4.78, 5) is 41.7. The molecule has 100 valence electrons. The second-order valence-electron chi connectivity index (χ2n) is 4.19. The van der Waals surface area contributed by atoms with E-state index in [1.165, 1.54) is 14.1 Å². The third-order valence-corrected chi connectivity index (χ3v) is 5.05. The summed E-state index contributed by atoms with van der Waals surface area (Å²) in [7, 11) is -2.71. The predicted octanol–water partition coefficient (Wildman–Crippen LogP) is -0.588. The first-order valence-corrected chi connectivity index (χ1v) is 6.14. The Hall–Kier alpha value is -0.950. The summed E-state index contributed by atoms with van der Waals surface area (Å²) in [5.74, 6) is -3.50. The lowest BCUT2D eigenvalue weighted by Gasteiger charge is -2.44. The molecule has 0 fully saturated rings. The Morgan fingerprint density at radius 1 is 1.06 bits per heavy atom. The number of likely N-dealkylation sites (N-methyl/N-ethyl adjacent to an activating group) is 1. The van der Waals surface area contributed by atoms with E-state index in [-0.39, 0.29) is 0 Å². The number of carbonyl (C=O) groups is 2. The van der Waals surface area contributed by atoms with Crippen molar-refractivity contribution in [1.82, 2.24) is 4.90 Å². The average molecular weight is 269 g/mol. The van der Waals surface area contributed by atoms with Gasteiger partial charge in [-0.15, -0.1) is 0 Å². The van der Waals surface area contributed by atoms with Gasteiger partial charge in [0.1, 0.15) is 5.54 Å². The van der Waals surface area contributed by atoms with Crippen LogP contribution < -0.4 is 0 Å². The maximum atomic E-state index is 11.4. The first-order chi connectivity index (χ1) is 7.33. The van der Waals surface area contributed by atoms with Crippen molar-refractivity contribution < 1.29 is 34.2 Å². The maximum Gasteiger partial charge on any atom is 0.345 e. The molecule has 2 unspecified atom stereocenters. The van der Waals surface area contributed by atoms with Crippen LogP contribution in [0.1, 0.15) is 13.8 Å². The lowest BCUT2D eigenvalue weighted by molar-refractivity contribution is -0.160. The van der Waals surface area contributed by atoms with Crippen LogP contribution in [-0.4, -0.2) is 61.6 Å². The van der Waals surface area contributed by atoms with Gasteiger partial charge in [0.25, 0.3) is 0 Å². The maximum absolute atomic E-state index is 11.4. The van der Waals surface area contributed by atoms with Crippen LogP contribution in [0.3, 0.4) is 0 Å². The van der Waals surface area contributed by atoms with Crippen molar-refractivity contribution >= 4 is 19.5 Å². The molecular formula is C8H16NO7P. The van der Waals surface area contributed by atoms with E-state index in [2.05, 4.69) is 0 Å². The van der Waals surface area contributed by atoms with E-state index in [9.17, 15) is 23.9 Å². The van der Waals surface area contributed by atoms with Crippen LogP contribution in [-0.2, 0) is 14.2 Å². The Bertz CT molecular complexity index is 389. The van der Waals surface area contributed by atoms with Gasteiger partial charge in [0.15, 0.2) is 5.16 Å². The summed E-state index contributed by atoms with van der Waals surface area (Å²) in [6.45, 7) is 1.69. The molecule has 0 heterocycles. The molecule has 0 aliphatic rings. The fraction of sp³-hybridized carbons (Fsp3) is 0.750. The number of hydrogen-bond donors (Lipinski definition) is 4. The molecule has 0 saturated heterocycles. The van der Waals surface area contributed by atoms with Gasteiger partial charge < -0.3 is 20.0 Å². The third kappa shape index (κ3) is 2.09. The SMILES string of the molecule is CN(C)C(C)(C(=O)O)C(C)(C(=O)O)P(=O)(O)O. The van der Waals surface area contributed by atoms with Crippen LogP contribution in [0, 0.1) is 0 Å². The number of aliphatic carboxylic acids is 2. The molecule has 0 amide bonds. The van der Waals surface area contributed by atoms with Gasteiger partial charge in [0.05, 0.1) is 0 Å². The number of hydrogen-bond acceptors (Lipinski definition) is 4. The quantitative estimate of drug-likeness (QED) is 0.486. The minimum Gasteiger partial charge on any atom is -0.480 e. The van der Waals surface area contributed by atoms with Gasteiger partial charge in [-0.2, -0.15) is 0 Å². The molecule has 0 aromatic heterocycles. The molecule has 17 heavy (non-hydrogen) atoms. The van der Waals surface area contributed by atoms with Crippen molar-refractivity contribution in [2.45, 2.75) is 24.5 Å². The molecule has 4 N–H and O–H groups in total. The van der Waals surface area contributed by atoms with Crippen LogP contribution >= 0.6 is 7.60 Å². The van der Waals surface area contributed by atoms with Crippen molar-refractivity contribution in [3.8, 4) is 0 Å². The zero-order chi connectivity index (χ0) is 14.2. The van der Waals surface area contributed by atoms with E-state index in [0.29, 0.717) is 0 Å². The van der Waals surface area contributed by atoms with E-state index in [4.69, 9.17) is 10.2 Å². The standard InChI is InChI=1S/C8H16NO7P/c1-7(5(10)11,9(3)4)8(2,6(12)13)17(14,15)16/h1-4H3,(H,10,11)(H,12,13)(H2,14,15,16). The lowest BCUT2D eigenvalue weighted by atomic mass is 9.84. The largest absolute Gasteiger partial charge is 0.480 e. The summed E-state index contributed by atoms with van der Waals surface area (Å²) in [6.07, 6.45) is 0. The minimum absolute atomic E-state index is 0.726. The average Bonchev–Trinajstić information content (AvgIpc) is 2.12. The van der Waals surface area contributed by atoms with Crippen molar-refractivity contribution in [3.63, 3.8) is 0 Å². The lowest BCUT2D eigenvalue weighted by Crippen LogP contribution is -2.66. The number of rotatable bonds is 5. The highest BCUT2D eigenvalue weighted by atomic mass is 31.2. The third-order valence-electron chi connectivity index (χ3n) is 3.26. The minimum atomic E-state index is -5.20. The normalized spacial score (nSPS) is 19.5. The molecule has 0 saturated carbocycles. The summed E-state index contributed by atoms with van der Waals surface area (Å²) in [5, 5.41) is 15.4. The summed E-state index contributed by atoms with van der Waals surface area (Å²) < 4.78 is 11.4. The molecule has 9 heteroatoms. The van der Waals surface area contributed by atoms with Crippen LogP contribution in [0.2, 0.25) is 0 Å². The van der Waals surface area contributed by atoms with Crippen LogP contribution in [0.25, 0.3) is 0 Å². The van der Waals surface area contributed by atoms with Gasteiger partial charge in [-0.05, 0) is 27.9 Å². The van der Waals surface area contributed by atoms with Crippen molar-refractivity contribution in [1.29, 1.82) is 0 Å². The summed E-state index contributed by atoms with van der Waals surface area (Å²) >= 11 is 0. The van der Waals surface area contributed by atoms with Gasteiger partial charge >= 0.3 is 19.5 Å². The number of nitrogens with zero attached hydrogens (tertiary/aromatic N) is 1. The zero-order valence-corrected chi connectivity index (χ0v) is 10.8. The molecule has 0 aromatic carbocycles. The Morgan fingerprint density at radius 3 is 1.47 bits per heavy atom. The Balaban J connectivity index is 6.21. The molecule has 0 bridgehead atoms. The highest BCUT2D eigenvalue weighted by molar-refractivity contribution is 7.55. The fourth-order valence-corrected chi connectivity index (χ4v) is 2.56. The second-order valence-corrected chi connectivity index (χ2v) is 6.18. The van der Waals surface area contributed by atoms with E-state index in [0.717, 1.165) is 18.7 Å². The van der Waals surface area contributed by atoms with Gasteiger partial charge in [-0.3, -0.25) is 19.1 Å². The van der Waals surface area contributed by atoms with E-state index >= 15 is 0 Å². The van der Waals surface area contributed by atoms with Gasteiger partial charge in [0, 0.05) is 0 Å². The Kier molecular flexibility index (Phi) is 4.13. The monoisotopic (exact) mass is 269 g/mol. The summed E-state index contributed by atoms with van der Waals surface area (Å²) in [6, 6.07) is 0. The van der Waals surface area contributed by atoms with Crippen LogP contribution in [0.4, 0.5) is 0 Å². The van der Waals surface area contributed by atoms with E-state index < -0.39 is 30.2 Å². The van der Waals surface area contributed by atoms with Crippen LogP contribution in [0.5, 0.6) is 0 Å². The van der Waals surface area contributed by atoms with E-state index in [1.54, 1.807) is 0 Å². The Morgan fingerprint density at radius 2 is 1.41 bits per heavy atom. The van der Waals surface area contributed by atoms with E-state index in [1.807, 2.05) is 0 Å². The van der Waals surface area contributed by atoms with Crippen molar-refractivity contribution in [2.75, 3.05) is 14.1 Å². The highest BCUT2D eigenvalue weighted by Crippen LogP contribution is 2.57. The molecule has 0 radical (unpaired) electrons. The number of carboxylic acids is 2. The molecule has 0 aromatic rings.